The average molecular weight is 566 g/mol. The zero-order valence-electron chi connectivity index (χ0n) is 20.1. The van der Waals surface area contributed by atoms with Crippen molar-refractivity contribution < 1.29 is 14.4 Å². The summed E-state index contributed by atoms with van der Waals surface area (Å²) in [6.07, 6.45) is 3.52. The fourth-order valence-corrected chi connectivity index (χ4v) is 5.30. The van der Waals surface area contributed by atoms with Crippen molar-refractivity contribution in [3.05, 3.63) is 104 Å². The standard InChI is InChI=1S/C27H21Cl2N5O3S/c1-15-13-31-27(38-15)33-24(35)19-7-5-16(10-21(19)29)14-34-23(12-18-4-2-3-9-30-18)25(36)32-22-11-17(28)6-8-20(22)26(34)37/h2-11,13,23H,12,14H2,1H3,(H,32,36)(H,31,33,35). The van der Waals surface area contributed by atoms with E-state index in [9.17, 15) is 14.4 Å². The predicted molar refractivity (Wildman–Crippen MR) is 148 cm³/mol. The molecule has 0 radical (unpaired) electrons. The summed E-state index contributed by atoms with van der Waals surface area (Å²) >= 11 is 14.0. The van der Waals surface area contributed by atoms with Gasteiger partial charge in [-0.25, -0.2) is 4.98 Å². The summed E-state index contributed by atoms with van der Waals surface area (Å²) in [7, 11) is 0. The summed E-state index contributed by atoms with van der Waals surface area (Å²) in [4.78, 5) is 50.8. The molecule has 8 nitrogen and oxygen atoms in total. The summed E-state index contributed by atoms with van der Waals surface area (Å²) in [6.45, 7) is 1.98. The van der Waals surface area contributed by atoms with Gasteiger partial charge in [0.25, 0.3) is 11.8 Å². The lowest BCUT2D eigenvalue weighted by Gasteiger charge is -2.29. The number of carbonyl (C=O) groups is 3. The number of hydrogen-bond donors (Lipinski definition) is 2. The van der Waals surface area contributed by atoms with E-state index < -0.39 is 6.04 Å². The number of nitrogens with one attached hydrogen (secondary N) is 2. The Morgan fingerprint density at radius 3 is 2.66 bits per heavy atom. The van der Waals surface area contributed by atoms with Gasteiger partial charge in [-0.05, 0) is 55.0 Å². The summed E-state index contributed by atoms with van der Waals surface area (Å²) in [5, 5.41) is 6.68. The quantitative estimate of drug-likeness (QED) is 0.316. The highest BCUT2D eigenvalue weighted by Gasteiger charge is 2.36. The number of carbonyl (C=O) groups excluding carboxylic acids is 3. The molecule has 1 unspecified atom stereocenters. The van der Waals surface area contributed by atoms with E-state index in [4.69, 9.17) is 23.2 Å². The molecule has 38 heavy (non-hydrogen) atoms. The van der Waals surface area contributed by atoms with Gasteiger partial charge in [0.15, 0.2) is 5.13 Å². The van der Waals surface area contributed by atoms with Crippen LogP contribution in [0.1, 0.15) is 36.9 Å². The zero-order chi connectivity index (χ0) is 26.8. The molecule has 2 aromatic carbocycles. The second-order valence-corrected chi connectivity index (χ2v) is 10.8. The van der Waals surface area contributed by atoms with Crippen LogP contribution in [0.2, 0.25) is 10.0 Å². The van der Waals surface area contributed by atoms with E-state index in [1.54, 1.807) is 60.9 Å². The van der Waals surface area contributed by atoms with Crippen molar-refractivity contribution in [2.75, 3.05) is 10.6 Å². The first kappa shape index (κ1) is 25.8. The number of aromatic nitrogens is 2. The molecule has 2 aromatic heterocycles. The van der Waals surface area contributed by atoms with Crippen molar-refractivity contribution in [3.8, 4) is 0 Å². The Morgan fingerprint density at radius 2 is 1.95 bits per heavy atom. The van der Waals surface area contributed by atoms with Crippen LogP contribution >= 0.6 is 34.5 Å². The van der Waals surface area contributed by atoms with Gasteiger partial charge < -0.3 is 10.2 Å². The number of nitrogens with zero attached hydrogens (tertiary/aromatic N) is 3. The Kier molecular flexibility index (Phi) is 7.42. The molecule has 4 aromatic rings. The van der Waals surface area contributed by atoms with E-state index in [1.165, 1.54) is 16.2 Å². The molecule has 0 fully saturated rings. The monoisotopic (exact) mass is 565 g/mol. The van der Waals surface area contributed by atoms with Crippen molar-refractivity contribution in [3.63, 3.8) is 0 Å². The second-order valence-electron chi connectivity index (χ2n) is 8.70. The van der Waals surface area contributed by atoms with Crippen LogP contribution in [0.15, 0.2) is 67.0 Å². The summed E-state index contributed by atoms with van der Waals surface area (Å²) < 4.78 is 0. The number of benzene rings is 2. The van der Waals surface area contributed by atoms with Gasteiger partial charge in [0.2, 0.25) is 5.91 Å². The molecule has 3 amide bonds. The Bertz CT molecular complexity index is 1540. The number of hydrogen-bond acceptors (Lipinski definition) is 6. The molecule has 3 heterocycles. The Morgan fingerprint density at radius 1 is 1.11 bits per heavy atom. The molecular weight excluding hydrogens is 545 g/mol. The first-order valence-electron chi connectivity index (χ1n) is 11.6. The smallest absolute Gasteiger partial charge is 0.258 e. The lowest BCUT2D eigenvalue weighted by Crippen LogP contribution is -2.46. The largest absolute Gasteiger partial charge is 0.323 e. The molecule has 1 atom stereocenters. The molecule has 0 saturated carbocycles. The molecule has 1 aliphatic rings. The maximum absolute atomic E-state index is 13.7. The number of amides is 3. The number of aryl methyl sites for hydroxylation is 1. The highest BCUT2D eigenvalue weighted by molar-refractivity contribution is 7.15. The minimum Gasteiger partial charge on any atom is -0.323 e. The van der Waals surface area contributed by atoms with Gasteiger partial charge in [0, 0.05) is 41.0 Å². The molecule has 0 bridgehead atoms. The first-order valence-corrected chi connectivity index (χ1v) is 13.2. The lowest BCUT2D eigenvalue weighted by atomic mass is 10.0. The summed E-state index contributed by atoms with van der Waals surface area (Å²) in [6, 6.07) is 14.3. The van der Waals surface area contributed by atoms with Gasteiger partial charge in [-0.3, -0.25) is 24.7 Å². The Labute approximate surface area is 232 Å². The molecule has 2 N–H and O–H groups in total. The predicted octanol–water partition coefficient (Wildman–Crippen LogP) is 5.61. The van der Waals surface area contributed by atoms with Crippen molar-refractivity contribution in [2.45, 2.75) is 25.9 Å². The van der Waals surface area contributed by atoms with E-state index in [0.717, 1.165) is 4.88 Å². The molecule has 0 spiro atoms. The third-order valence-corrected chi connectivity index (χ3v) is 7.39. The van der Waals surface area contributed by atoms with Crippen LogP contribution in [0.25, 0.3) is 0 Å². The van der Waals surface area contributed by atoms with E-state index >= 15 is 0 Å². The third-order valence-electron chi connectivity index (χ3n) is 6.01. The maximum atomic E-state index is 13.7. The van der Waals surface area contributed by atoms with Crippen molar-refractivity contribution in [1.29, 1.82) is 0 Å². The van der Waals surface area contributed by atoms with Crippen molar-refractivity contribution in [2.24, 2.45) is 0 Å². The van der Waals surface area contributed by atoms with Crippen molar-refractivity contribution in [1.82, 2.24) is 14.9 Å². The fourth-order valence-electron chi connectivity index (χ4n) is 4.18. The van der Waals surface area contributed by atoms with Crippen LogP contribution in [0.5, 0.6) is 0 Å². The summed E-state index contributed by atoms with van der Waals surface area (Å²) in [5.74, 6) is -1.08. The van der Waals surface area contributed by atoms with Gasteiger partial charge >= 0.3 is 0 Å². The number of anilines is 2. The molecular formula is C27H21Cl2N5O3S. The van der Waals surface area contributed by atoms with E-state index in [2.05, 4.69) is 20.6 Å². The van der Waals surface area contributed by atoms with Gasteiger partial charge in [-0.1, -0.05) is 35.3 Å². The fraction of sp³-hybridized carbons (Fsp3) is 0.148. The molecule has 192 valence electrons. The number of fused-ring (bicyclic) bond motifs is 1. The molecule has 5 rings (SSSR count). The minimum absolute atomic E-state index is 0.0825. The second kappa shape index (κ2) is 10.9. The third kappa shape index (κ3) is 5.55. The Hall–Kier alpha value is -3.79. The highest BCUT2D eigenvalue weighted by atomic mass is 35.5. The molecule has 0 aliphatic carbocycles. The van der Waals surface area contributed by atoms with Gasteiger partial charge in [0.05, 0.1) is 21.8 Å². The van der Waals surface area contributed by atoms with Gasteiger partial charge in [0.1, 0.15) is 6.04 Å². The number of pyridine rings is 1. The normalized spacial score (nSPS) is 15.0. The van der Waals surface area contributed by atoms with Crippen LogP contribution < -0.4 is 10.6 Å². The number of halogens is 2. The highest BCUT2D eigenvalue weighted by Crippen LogP contribution is 2.29. The van der Waals surface area contributed by atoms with Crippen LogP contribution in [-0.4, -0.2) is 38.6 Å². The minimum atomic E-state index is -0.849. The van der Waals surface area contributed by atoms with Crippen LogP contribution in [0.3, 0.4) is 0 Å². The molecule has 0 saturated heterocycles. The van der Waals surface area contributed by atoms with Crippen LogP contribution in [0.4, 0.5) is 10.8 Å². The lowest BCUT2D eigenvalue weighted by molar-refractivity contribution is -0.120. The van der Waals surface area contributed by atoms with Crippen LogP contribution in [-0.2, 0) is 17.8 Å². The van der Waals surface area contributed by atoms with Gasteiger partial charge in [-0.2, -0.15) is 0 Å². The van der Waals surface area contributed by atoms with E-state index in [1.807, 2.05) is 13.0 Å². The topological polar surface area (TPSA) is 104 Å². The summed E-state index contributed by atoms with van der Waals surface area (Å²) in [5.41, 5.74) is 2.27. The van der Waals surface area contributed by atoms with Gasteiger partial charge in [-0.15, -0.1) is 11.3 Å². The number of thiazole rings is 1. The Balaban J connectivity index is 1.45. The van der Waals surface area contributed by atoms with Crippen molar-refractivity contribution >= 4 is 63.1 Å². The molecule has 1 aliphatic heterocycles. The maximum Gasteiger partial charge on any atom is 0.258 e. The zero-order valence-corrected chi connectivity index (χ0v) is 22.4. The first-order chi connectivity index (χ1) is 18.3. The SMILES string of the molecule is Cc1cnc(NC(=O)c2ccc(CN3C(=O)c4ccc(Cl)cc4NC(=O)C3Cc3ccccn3)cc2Cl)s1. The van der Waals surface area contributed by atoms with E-state index in [-0.39, 0.29) is 41.3 Å². The molecule has 11 heteroatoms. The van der Waals surface area contributed by atoms with E-state index in [0.29, 0.717) is 32.7 Å². The van der Waals surface area contributed by atoms with Crippen LogP contribution in [0, 0.1) is 6.92 Å². The average Bonchev–Trinajstić information content (AvgIpc) is 3.27. The number of rotatable bonds is 6.